The van der Waals surface area contributed by atoms with E-state index >= 15 is 0 Å². The van der Waals surface area contributed by atoms with Crippen LogP contribution in [0.4, 0.5) is 0 Å². The molecule has 146 valence electrons. The van der Waals surface area contributed by atoms with Gasteiger partial charge in [-0.15, -0.1) is 24.0 Å². The Hall–Kier alpha value is -0.960. The quantitative estimate of drug-likeness (QED) is 0.254. The van der Waals surface area contributed by atoms with E-state index in [2.05, 4.69) is 72.3 Å². The first-order chi connectivity index (χ1) is 12.0. The number of guanidine groups is 1. The fourth-order valence-electron chi connectivity index (χ4n) is 2.60. The summed E-state index contributed by atoms with van der Waals surface area (Å²) >= 11 is 1.84. The summed E-state index contributed by atoms with van der Waals surface area (Å²) in [5, 5.41) is 6.77. The van der Waals surface area contributed by atoms with E-state index in [0.29, 0.717) is 0 Å². The lowest BCUT2D eigenvalue weighted by Gasteiger charge is -2.20. The van der Waals surface area contributed by atoms with E-state index < -0.39 is 0 Å². The van der Waals surface area contributed by atoms with Gasteiger partial charge >= 0.3 is 0 Å². The fraction of sp³-hybridized carbons (Fsp3) is 0.579. The van der Waals surface area contributed by atoms with Crippen molar-refractivity contribution in [2.45, 2.75) is 45.4 Å². The highest BCUT2D eigenvalue weighted by Gasteiger charge is 2.15. The third-order valence-electron chi connectivity index (χ3n) is 4.21. The maximum absolute atomic E-state index is 4.71. The monoisotopic (exact) mass is 489 g/mol. The topological polar surface area (TPSA) is 54.2 Å². The van der Waals surface area contributed by atoms with Crippen molar-refractivity contribution in [1.82, 2.24) is 20.2 Å². The number of thioether (sulfide) groups is 1. The van der Waals surface area contributed by atoms with Gasteiger partial charge in [-0.2, -0.15) is 11.8 Å². The molecule has 1 aromatic carbocycles. The fourth-order valence-corrected chi connectivity index (χ4v) is 2.79. The van der Waals surface area contributed by atoms with Crippen molar-refractivity contribution >= 4 is 52.7 Å². The summed E-state index contributed by atoms with van der Waals surface area (Å²) in [5.74, 6) is 1.97. The second-order valence-electron chi connectivity index (χ2n) is 6.74. The first-order valence-electron chi connectivity index (χ1n) is 8.96. The molecule has 0 bridgehead atoms. The Bertz CT molecular complexity index is 711. The number of nitrogens with zero attached hydrogens (tertiary/aromatic N) is 3. The third kappa shape index (κ3) is 6.64. The minimum Gasteiger partial charge on any atom is -0.357 e. The SMILES string of the molecule is CCNC(=NCC(C)(C)SC)NCCCn1c(C)nc2ccccc21.I. The number of hydrogen-bond acceptors (Lipinski definition) is 3. The molecule has 2 N–H and O–H groups in total. The Balaban J connectivity index is 0.00000338. The molecule has 0 aliphatic carbocycles. The van der Waals surface area contributed by atoms with Gasteiger partial charge in [-0.25, -0.2) is 4.98 Å². The molecule has 7 heteroatoms. The average Bonchev–Trinajstić information content (AvgIpc) is 2.92. The van der Waals surface area contributed by atoms with E-state index in [-0.39, 0.29) is 28.7 Å². The van der Waals surface area contributed by atoms with Gasteiger partial charge in [0.05, 0.1) is 17.6 Å². The van der Waals surface area contributed by atoms with Crippen LogP contribution in [-0.2, 0) is 6.54 Å². The second-order valence-corrected chi connectivity index (χ2v) is 8.25. The number of imidazole rings is 1. The Morgan fingerprint density at radius 3 is 2.69 bits per heavy atom. The largest absolute Gasteiger partial charge is 0.357 e. The standard InChI is InChI=1S/C19H31N5S.HI/c1-6-20-18(22-14-19(3,4)25-5)21-12-9-13-24-15(2)23-16-10-7-8-11-17(16)24;/h7-8,10-11H,6,9,12-14H2,1-5H3,(H2,20,21,22);1H. The summed E-state index contributed by atoms with van der Waals surface area (Å²) < 4.78 is 2.45. The van der Waals surface area contributed by atoms with Crippen LogP contribution in [0.3, 0.4) is 0 Å². The summed E-state index contributed by atoms with van der Waals surface area (Å²) in [4.78, 5) is 9.34. The molecule has 0 amide bonds. The van der Waals surface area contributed by atoms with Gasteiger partial charge in [0.25, 0.3) is 0 Å². The number of aliphatic imine (C=N–C) groups is 1. The smallest absolute Gasteiger partial charge is 0.191 e. The lowest BCUT2D eigenvalue weighted by Crippen LogP contribution is -2.39. The van der Waals surface area contributed by atoms with E-state index in [1.54, 1.807) is 0 Å². The summed E-state index contributed by atoms with van der Waals surface area (Å²) in [6.07, 6.45) is 3.16. The molecule has 26 heavy (non-hydrogen) atoms. The normalized spacial score (nSPS) is 12.1. The highest BCUT2D eigenvalue weighted by Crippen LogP contribution is 2.21. The second kappa shape index (κ2) is 11.0. The minimum absolute atomic E-state index is 0. The number of hydrogen-bond donors (Lipinski definition) is 2. The Morgan fingerprint density at radius 1 is 1.27 bits per heavy atom. The number of halogens is 1. The number of benzene rings is 1. The molecule has 0 saturated heterocycles. The number of aromatic nitrogens is 2. The van der Waals surface area contributed by atoms with E-state index in [0.717, 1.165) is 49.9 Å². The number of nitrogens with one attached hydrogen (secondary N) is 2. The summed E-state index contributed by atoms with van der Waals surface area (Å²) in [6.45, 7) is 12.1. The molecule has 0 aliphatic rings. The molecule has 2 aromatic rings. The maximum atomic E-state index is 4.71. The molecule has 1 aromatic heterocycles. The van der Waals surface area contributed by atoms with Crippen molar-refractivity contribution in [2.75, 3.05) is 25.9 Å². The molecule has 0 aliphatic heterocycles. The van der Waals surface area contributed by atoms with Crippen molar-refractivity contribution in [3.63, 3.8) is 0 Å². The molecule has 0 saturated carbocycles. The lowest BCUT2D eigenvalue weighted by molar-refractivity contribution is 0.622. The van der Waals surface area contributed by atoms with Crippen LogP contribution in [0.25, 0.3) is 11.0 Å². The average molecular weight is 489 g/mol. The maximum Gasteiger partial charge on any atom is 0.191 e. The van der Waals surface area contributed by atoms with Crippen molar-refractivity contribution in [1.29, 1.82) is 0 Å². The summed E-state index contributed by atoms with van der Waals surface area (Å²) in [6, 6.07) is 8.32. The summed E-state index contributed by atoms with van der Waals surface area (Å²) in [5.41, 5.74) is 2.28. The van der Waals surface area contributed by atoms with Crippen LogP contribution in [-0.4, -0.2) is 46.1 Å². The van der Waals surface area contributed by atoms with Gasteiger partial charge in [-0.05, 0) is 52.5 Å². The van der Waals surface area contributed by atoms with Crippen molar-refractivity contribution in [2.24, 2.45) is 4.99 Å². The van der Waals surface area contributed by atoms with E-state index in [4.69, 9.17) is 4.99 Å². The van der Waals surface area contributed by atoms with Gasteiger partial charge < -0.3 is 15.2 Å². The van der Waals surface area contributed by atoms with E-state index in [9.17, 15) is 0 Å². The Kier molecular flexibility index (Phi) is 9.78. The predicted octanol–water partition coefficient (Wildman–Crippen LogP) is 4.05. The van der Waals surface area contributed by atoms with Crippen LogP contribution in [0.2, 0.25) is 0 Å². The minimum atomic E-state index is 0. The number of aryl methyl sites for hydroxylation is 2. The third-order valence-corrected chi connectivity index (χ3v) is 5.45. The first kappa shape index (κ1) is 23.1. The van der Waals surface area contributed by atoms with Gasteiger partial charge in [0, 0.05) is 24.4 Å². The number of fused-ring (bicyclic) bond motifs is 1. The predicted molar refractivity (Wildman–Crippen MR) is 126 cm³/mol. The Morgan fingerprint density at radius 2 is 2.00 bits per heavy atom. The van der Waals surface area contributed by atoms with Crippen LogP contribution in [0, 0.1) is 6.92 Å². The van der Waals surface area contributed by atoms with Crippen LogP contribution in [0.1, 0.15) is 33.0 Å². The zero-order valence-electron chi connectivity index (χ0n) is 16.5. The lowest BCUT2D eigenvalue weighted by atomic mass is 10.2. The highest BCUT2D eigenvalue weighted by molar-refractivity contribution is 14.0. The summed E-state index contributed by atoms with van der Waals surface area (Å²) in [7, 11) is 0. The molecule has 0 spiro atoms. The van der Waals surface area contributed by atoms with Crippen molar-refractivity contribution in [3.8, 4) is 0 Å². The van der Waals surface area contributed by atoms with Gasteiger partial charge in [0.2, 0.25) is 0 Å². The number of rotatable bonds is 8. The molecule has 0 fully saturated rings. The van der Waals surface area contributed by atoms with Crippen LogP contribution in [0.15, 0.2) is 29.3 Å². The van der Waals surface area contributed by atoms with Crippen LogP contribution >= 0.6 is 35.7 Å². The van der Waals surface area contributed by atoms with Gasteiger partial charge in [-0.3, -0.25) is 4.99 Å². The molecule has 0 unspecified atom stereocenters. The van der Waals surface area contributed by atoms with Crippen LogP contribution < -0.4 is 10.6 Å². The van der Waals surface area contributed by atoms with Gasteiger partial charge in [0.1, 0.15) is 5.82 Å². The zero-order valence-corrected chi connectivity index (χ0v) is 19.6. The molecule has 5 nitrogen and oxygen atoms in total. The Labute approximate surface area is 178 Å². The molecule has 0 radical (unpaired) electrons. The molecule has 1 heterocycles. The molecular weight excluding hydrogens is 457 g/mol. The van der Waals surface area contributed by atoms with Crippen LogP contribution in [0.5, 0.6) is 0 Å². The van der Waals surface area contributed by atoms with E-state index in [1.165, 1.54) is 5.52 Å². The highest BCUT2D eigenvalue weighted by atomic mass is 127. The van der Waals surface area contributed by atoms with Crippen molar-refractivity contribution < 1.29 is 0 Å². The first-order valence-corrected chi connectivity index (χ1v) is 10.2. The van der Waals surface area contributed by atoms with Crippen molar-refractivity contribution in [3.05, 3.63) is 30.1 Å². The molecule has 0 atom stereocenters. The zero-order chi connectivity index (χ0) is 18.3. The van der Waals surface area contributed by atoms with Gasteiger partial charge in [-0.1, -0.05) is 12.1 Å². The van der Waals surface area contributed by atoms with E-state index in [1.807, 2.05) is 17.8 Å². The number of para-hydroxylation sites is 2. The molecule has 2 rings (SSSR count). The molecular formula is C19H32IN5S. The van der Waals surface area contributed by atoms with Gasteiger partial charge in [0.15, 0.2) is 5.96 Å².